The molecule has 1 aromatic heterocycles. The first-order valence-corrected chi connectivity index (χ1v) is 7.47. The van der Waals surface area contributed by atoms with Gasteiger partial charge < -0.3 is 15.0 Å². The highest BCUT2D eigenvalue weighted by Gasteiger charge is 2.25. The lowest BCUT2D eigenvalue weighted by Crippen LogP contribution is -2.15. The van der Waals surface area contributed by atoms with Crippen molar-refractivity contribution in [2.45, 2.75) is 37.8 Å². The molecular formula is C17H20N2O. The first-order valence-electron chi connectivity index (χ1n) is 7.47. The number of rotatable bonds is 2. The lowest BCUT2D eigenvalue weighted by molar-refractivity contribution is 0.319. The number of nitrogens with two attached hydrogens (primary N) is 1. The molecule has 3 nitrogen and oxygen atoms in total. The summed E-state index contributed by atoms with van der Waals surface area (Å²) in [7, 11) is 0. The fourth-order valence-corrected chi connectivity index (χ4v) is 3.52. The highest BCUT2D eigenvalue weighted by atomic mass is 16.5. The van der Waals surface area contributed by atoms with Crippen molar-refractivity contribution < 1.29 is 4.74 Å². The molecule has 2 aliphatic rings. The number of ether oxygens (including phenoxy) is 1. The van der Waals surface area contributed by atoms with Crippen molar-refractivity contribution in [2.75, 3.05) is 6.61 Å². The molecule has 4 rings (SSSR count). The zero-order valence-corrected chi connectivity index (χ0v) is 11.6. The second-order valence-corrected chi connectivity index (χ2v) is 5.98. The fourth-order valence-electron chi connectivity index (χ4n) is 3.52. The smallest absolute Gasteiger partial charge is 0.122 e. The quantitative estimate of drug-likeness (QED) is 0.909. The van der Waals surface area contributed by atoms with Gasteiger partial charge in [0.2, 0.25) is 0 Å². The summed E-state index contributed by atoms with van der Waals surface area (Å²) in [5.74, 6) is 1.50. The Hall–Kier alpha value is -1.74. The Bertz CT molecular complexity index is 632. The van der Waals surface area contributed by atoms with Crippen LogP contribution in [0.1, 0.15) is 41.5 Å². The zero-order valence-electron chi connectivity index (χ0n) is 11.6. The van der Waals surface area contributed by atoms with Gasteiger partial charge in [-0.3, -0.25) is 0 Å². The standard InChI is InChI=1S/C17H20N2O/c18-16-6-3-4-12-8-19(10-15(12)16)9-13-11-20-17-7-2-1-5-14(13)17/h1-2,5,7-8,10,13,16H,3-4,6,9,11,18H2. The third-order valence-corrected chi connectivity index (χ3v) is 4.59. The fraction of sp³-hybridized carbons (Fsp3) is 0.412. The average Bonchev–Trinajstić information content (AvgIpc) is 3.05. The number of aromatic nitrogens is 1. The number of hydrogen-bond donors (Lipinski definition) is 1. The molecule has 0 radical (unpaired) electrons. The molecule has 2 unspecified atom stereocenters. The van der Waals surface area contributed by atoms with E-state index >= 15 is 0 Å². The van der Waals surface area contributed by atoms with Gasteiger partial charge in [-0.05, 0) is 36.5 Å². The Kier molecular flexibility index (Phi) is 2.81. The maximum absolute atomic E-state index is 6.21. The van der Waals surface area contributed by atoms with Crippen molar-refractivity contribution in [2.24, 2.45) is 5.73 Å². The van der Waals surface area contributed by atoms with Crippen molar-refractivity contribution in [1.29, 1.82) is 0 Å². The normalized spacial score (nSPS) is 24.1. The van der Waals surface area contributed by atoms with Crippen LogP contribution in [0.15, 0.2) is 36.7 Å². The van der Waals surface area contributed by atoms with Gasteiger partial charge in [0.25, 0.3) is 0 Å². The lowest BCUT2D eigenvalue weighted by atomic mass is 9.92. The van der Waals surface area contributed by atoms with E-state index in [4.69, 9.17) is 10.5 Å². The minimum absolute atomic E-state index is 0.229. The Labute approximate surface area is 119 Å². The van der Waals surface area contributed by atoms with Crippen molar-refractivity contribution >= 4 is 0 Å². The molecule has 0 spiro atoms. The minimum atomic E-state index is 0.229. The Morgan fingerprint density at radius 1 is 1.20 bits per heavy atom. The molecule has 2 N–H and O–H groups in total. The van der Waals surface area contributed by atoms with Gasteiger partial charge in [-0.25, -0.2) is 0 Å². The van der Waals surface area contributed by atoms with Gasteiger partial charge in [-0.2, -0.15) is 0 Å². The van der Waals surface area contributed by atoms with E-state index in [0.717, 1.165) is 25.3 Å². The molecular weight excluding hydrogens is 248 g/mol. The number of fused-ring (bicyclic) bond motifs is 2. The molecule has 20 heavy (non-hydrogen) atoms. The van der Waals surface area contributed by atoms with Crippen LogP contribution in [0.4, 0.5) is 0 Å². The van der Waals surface area contributed by atoms with E-state index < -0.39 is 0 Å². The predicted octanol–water partition coefficient (Wildman–Crippen LogP) is 3.00. The first kappa shape index (κ1) is 12.0. The SMILES string of the molecule is NC1CCCc2cn(CC3COc4ccccc43)cc21. The molecule has 2 atom stereocenters. The predicted molar refractivity (Wildman–Crippen MR) is 79.0 cm³/mol. The van der Waals surface area contributed by atoms with Crippen molar-refractivity contribution in [3.63, 3.8) is 0 Å². The molecule has 0 saturated heterocycles. The molecule has 1 aliphatic heterocycles. The summed E-state index contributed by atoms with van der Waals surface area (Å²) in [5.41, 5.74) is 10.3. The van der Waals surface area contributed by atoms with Crippen LogP contribution in [-0.4, -0.2) is 11.2 Å². The van der Waals surface area contributed by atoms with E-state index in [0.29, 0.717) is 5.92 Å². The van der Waals surface area contributed by atoms with E-state index in [9.17, 15) is 0 Å². The van der Waals surface area contributed by atoms with Gasteiger partial charge in [0.05, 0.1) is 6.61 Å². The second-order valence-electron chi connectivity index (χ2n) is 5.98. The van der Waals surface area contributed by atoms with Crippen LogP contribution in [0.2, 0.25) is 0 Å². The van der Waals surface area contributed by atoms with Crippen molar-refractivity contribution in [3.05, 3.63) is 53.3 Å². The third-order valence-electron chi connectivity index (χ3n) is 4.59. The largest absolute Gasteiger partial charge is 0.493 e. The summed E-state index contributed by atoms with van der Waals surface area (Å²) in [5, 5.41) is 0. The van der Waals surface area contributed by atoms with Crippen molar-refractivity contribution in [1.82, 2.24) is 4.57 Å². The van der Waals surface area contributed by atoms with Crippen LogP contribution in [0.3, 0.4) is 0 Å². The molecule has 1 aromatic carbocycles. The number of para-hydroxylation sites is 1. The van der Waals surface area contributed by atoms with Gasteiger partial charge >= 0.3 is 0 Å². The molecule has 3 heteroatoms. The van der Waals surface area contributed by atoms with Crippen LogP contribution >= 0.6 is 0 Å². The Morgan fingerprint density at radius 2 is 2.10 bits per heavy atom. The van der Waals surface area contributed by atoms with Crippen LogP contribution in [0.25, 0.3) is 0 Å². The Morgan fingerprint density at radius 3 is 3.00 bits per heavy atom. The molecule has 2 aromatic rings. The summed E-state index contributed by atoms with van der Waals surface area (Å²) >= 11 is 0. The van der Waals surface area contributed by atoms with Gasteiger partial charge in [-0.1, -0.05) is 18.2 Å². The first-order chi connectivity index (χ1) is 9.81. The molecule has 104 valence electrons. The van der Waals surface area contributed by atoms with E-state index in [1.54, 1.807) is 0 Å². The van der Waals surface area contributed by atoms with Gasteiger partial charge in [0, 0.05) is 36.5 Å². The molecule has 0 saturated carbocycles. The van der Waals surface area contributed by atoms with Gasteiger partial charge in [0.15, 0.2) is 0 Å². The summed E-state index contributed by atoms with van der Waals surface area (Å²) in [6.45, 7) is 1.77. The van der Waals surface area contributed by atoms with Crippen LogP contribution in [-0.2, 0) is 13.0 Å². The lowest BCUT2D eigenvalue weighted by Gasteiger charge is -2.17. The number of hydrogen-bond acceptors (Lipinski definition) is 2. The Balaban J connectivity index is 1.59. The number of benzene rings is 1. The summed E-state index contributed by atoms with van der Waals surface area (Å²) in [6.07, 6.45) is 8.04. The van der Waals surface area contributed by atoms with Crippen LogP contribution < -0.4 is 10.5 Å². The highest BCUT2D eigenvalue weighted by molar-refractivity contribution is 5.39. The maximum Gasteiger partial charge on any atom is 0.122 e. The average molecular weight is 268 g/mol. The van der Waals surface area contributed by atoms with Crippen LogP contribution in [0.5, 0.6) is 5.75 Å². The molecule has 0 fully saturated rings. The molecule has 0 amide bonds. The van der Waals surface area contributed by atoms with E-state index in [1.165, 1.54) is 29.5 Å². The number of aryl methyl sites for hydroxylation is 1. The van der Waals surface area contributed by atoms with Crippen molar-refractivity contribution in [3.8, 4) is 5.75 Å². The van der Waals surface area contributed by atoms with Crippen LogP contribution in [0, 0.1) is 0 Å². The topological polar surface area (TPSA) is 40.2 Å². The van der Waals surface area contributed by atoms with Gasteiger partial charge in [0.1, 0.15) is 5.75 Å². The number of nitrogens with zero attached hydrogens (tertiary/aromatic N) is 1. The van der Waals surface area contributed by atoms with Gasteiger partial charge in [-0.15, -0.1) is 0 Å². The monoisotopic (exact) mass is 268 g/mol. The third kappa shape index (κ3) is 1.93. The summed E-state index contributed by atoms with van der Waals surface area (Å²) in [4.78, 5) is 0. The second kappa shape index (κ2) is 4.67. The van der Waals surface area contributed by atoms with E-state index in [1.807, 2.05) is 6.07 Å². The zero-order chi connectivity index (χ0) is 13.5. The molecule has 1 aliphatic carbocycles. The minimum Gasteiger partial charge on any atom is -0.493 e. The summed E-state index contributed by atoms with van der Waals surface area (Å²) < 4.78 is 8.08. The maximum atomic E-state index is 6.21. The molecule has 0 bridgehead atoms. The highest BCUT2D eigenvalue weighted by Crippen LogP contribution is 2.35. The molecule has 2 heterocycles. The van der Waals surface area contributed by atoms with E-state index in [-0.39, 0.29) is 6.04 Å². The summed E-state index contributed by atoms with van der Waals surface area (Å²) in [6, 6.07) is 8.60. The van der Waals surface area contributed by atoms with E-state index in [2.05, 4.69) is 35.2 Å².